The van der Waals surface area contributed by atoms with Gasteiger partial charge in [-0.2, -0.15) is 0 Å². The van der Waals surface area contributed by atoms with Crippen LogP contribution in [0.3, 0.4) is 0 Å². The van der Waals surface area contributed by atoms with Crippen LogP contribution in [-0.2, 0) is 0 Å². The van der Waals surface area contributed by atoms with Crippen LogP contribution in [0.1, 0.15) is 5.56 Å². The monoisotopic (exact) mass is 377 g/mol. The number of hydrogen-bond donors (Lipinski definition) is 3. The summed E-state index contributed by atoms with van der Waals surface area (Å²) in [6.07, 6.45) is 2.60. The summed E-state index contributed by atoms with van der Waals surface area (Å²) in [5, 5.41) is 0.462. The van der Waals surface area contributed by atoms with E-state index in [2.05, 4.69) is 15.0 Å². The van der Waals surface area contributed by atoms with E-state index < -0.39 is 11.6 Å². The van der Waals surface area contributed by atoms with Crippen LogP contribution in [0.4, 0.5) is 8.78 Å². The first-order chi connectivity index (χ1) is 9.02. The molecule has 0 aliphatic carbocycles. The molecule has 0 aliphatic heterocycles. The number of halogens is 3. The molecule has 8 heteroatoms. The van der Waals surface area contributed by atoms with Crippen molar-refractivity contribution in [3.63, 3.8) is 0 Å². The second-order valence-corrected chi connectivity index (χ2v) is 4.44. The fourth-order valence-corrected chi connectivity index (χ4v) is 1.90. The van der Waals surface area contributed by atoms with Gasteiger partial charge in [0.1, 0.15) is 17.3 Å². The minimum absolute atomic E-state index is 0.00356. The van der Waals surface area contributed by atoms with Gasteiger partial charge < -0.3 is 16.5 Å². The highest BCUT2D eigenvalue weighted by molar-refractivity contribution is 14.1. The Labute approximate surface area is 120 Å². The first-order valence-electron chi connectivity index (χ1n) is 5.20. The van der Waals surface area contributed by atoms with Gasteiger partial charge in [0.05, 0.1) is 10.6 Å². The largest absolute Gasteiger partial charge is 0.383 e. The Morgan fingerprint density at radius 1 is 1.47 bits per heavy atom. The van der Waals surface area contributed by atoms with Gasteiger partial charge in [0.2, 0.25) is 0 Å². The second kappa shape index (κ2) is 5.51. The highest BCUT2D eigenvalue weighted by Gasteiger charge is 2.10. The predicted octanol–water partition coefficient (Wildman–Crippen LogP) is 1.94. The van der Waals surface area contributed by atoms with Crippen molar-refractivity contribution in [1.29, 1.82) is 0 Å². The van der Waals surface area contributed by atoms with Gasteiger partial charge in [-0.15, -0.1) is 0 Å². The maximum absolute atomic E-state index is 13.2. The number of nitrogens with two attached hydrogens (primary N) is 2. The molecule has 5 N–H and O–H groups in total. The van der Waals surface area contributed by atoms with Crippen LogP contribution in [0.2, 0.25) is 0 Å². The van der Waals surface area contributed by atoms with Crippen LogP contribution in [-0.4, -0.2) is 20.2 Å². The number of allylic oxidation sites excluding steroid dienone is 1. The molecule has 0 aliphatic rings. The Bertz CT molecular complexity index is 677. The molecule has 0 atom stereocenters. The highest BCUT2D eigenvalue weighted by atomic mass is 127. The van der Waals surface area contributed by atoms with E-state index in [4.69, 9.17) is 11.5 Å². The van der Waals surface area contributed by atoms with Gasteiger partial charge in [0, 0.05) is 17.1 Å². The Morgan fingerprint density at radius 2 is 2.21 bits per heavy atom. The molecular weight excluding hydrogens is 367 g/mol. The average molecular weight is 377 g/mol. The van der Waals surface area contributed by atoms with Crippen LogP contribution in [0, 0.1) is 5.82 Å². The van der Waals surface area contributed by atoms with Gasteiger partial charge in [0.15, 0.2) is 11.6 Å². The summed E-state index contributed by atoms with van der Waals surface area (Å²) in [4.78, 5) is 10.4. The van der Waals surface area contributed by atoms with E-state index in [-0.39, 0.29) is 16.1 Å². The first kappa shape index (κ1) is 13.7. The third-order valence-electron chi connectivity index (χ3n) is 2.41. The molecule has 0 aromatic carbocycles. The number of aromatic amines is 1. The lowest BCUT2D eigenvalue weighted by molar-refractivity contribution is 0.624. The van der Waals surface area contributed by atoms with Crippen molar-refractivity contribution in [2.75, 3.05) is 4.43 Å². The molecule has 0 radical (unpaired) electrons. The predicted molar refractivity (Wildman–Crippen MR) is 78.0 cm³/mol. The van der Waals surface area contributed by atoms with E-state index in [1.807, 2.05) is 22.6 Å². The fourth-order valence-electron chi connectivity index (χ4n) is 1.51. The van der Waals surface area contributed by atoms with Crippen molar-refractivity contribution in [2.24, 2.45) is 16.5 Å². The summed E-state index contributed by atoms with van der Waals surface area (Å²) in [7, 11) is 0. The highest BCUT2D eigenvalue weighted by Crippen LogP contribution is 2.17. The van der Waals surface area contributed by atoms with Gasteiger partial charge in [-0.25, -0.2) is 18.8 Å². The molecule has 100 valence electrons. The molecule has 0 saturated carbocycles. The van der Waals surface area contributed by atoms with Crippen molar-refractivity contribution < 1.29 is 8.78 Å². The summed E-state index contributed by atoms with van der Waals surface area (Å²) in [6.45, 7) is 0. The number of aromatic nitrogens is 2. The van der Waals surface area contributed by atoms with Crippen LogP contribution in [0.15, 0.2) is 35.1 Å². The van der Waals surface area contributed by atoms with Gasteiger partial charge >= 0.3 is 0 Å². The fraction of sp³-hybridized carbons (Fsp3) is 0.0909. The van der Waals surface area contributed by atoms with E-state index in [0.717, 1.165) is 6.20 Å². The number of H-pyrrole nitrogens is 1. The third kappa shape index (κ3) is 2.83. The topological polar surface area (TPSA) is 93.1 Å². The Balaban J connectivity index is 2.50. The van der Waals surface area contributed by atoms with Crippen molar-refractivity contribution in [3.05, 3.63) is 41.5 Å². The Hall–Kier alpha value is -1.71. The number of rotatable bonds is 3. The molecule has 5 nitrogen and oxygen atoms in total. The van der Waals surface area contributed by atoms with E-state index in [1.165, 1.54) is 12.3 Å². The summed E-state index contributed by atoms with van der Waals surface area (Å²) >= 11 is 1.82. The van der Waals surface area contributed by atoms with E-state index in [1.54, 1.807) is 0 Å². The van der Waals surface area contributed by atoms with E-state index >= 15 is 0 Å². The molecule has 0 unspecified atom stereocenters. The number of nitrogens with zero attached hydrogens (tertiary/aromatic N) is 2. The quantitative estimate of drug-likeness (QED) is 0.330. The number of amidine groups is 1. The maximum Gasteiger partial charge on any atom is 0.158 e. The van der Waals surface area contributed by atoms with Crippen LogP contribution in [0.25, 0.3) is 11.0 Å². The standard InChI is InChI=1S/C11H10F2IN5/c12-5-1-6-7(4-18-11(6)17-3-5)9(15)19-10(16)8(13)2-14/h1,3-4H,2,16H2,(H2,15,19)(H,17,18)/b10-8+. The molecule has 0 fully saturated rings. The molecule has 19 heavy (non-hydrogen) atoms. The van der Waals surface area contributed by atoms with E-state index in [9.17, 15) is 8.78 Å². The normalized spacial score (nSPS) is 13.7. The minimum atomic E-state index is -0.562. The summed E-state index contributed by atoms with van der Waals surface area (Å²) in [6, 6.07) is 1.27. The zero-order chi connectivity index (χ0) is 14.0. The van der Waals surface area contributed by atoms with Crippen LogP contribution in [0.5, 0.6) is 0 Å². The molecule has 0 bridgehead atoms. The lowest BCUT2D eigenvalue weighted by Gasteiger charge is -2.00. The lowest BCUT2D eigenvalue weighted by atomic mass is 10.2. The van der Waals surface area contributed by atoms with Crippen molar-refractivity contribution in [2.45, 2.75) is 0 Å². The minimum Gasteiger partial charge on any atom is -0.383 e. The zero-order valence-corrected chi connectivity index (χ0v) is 11.8. The van der Waals surface area contributed by atoms with Crippen molar-refractivity contribution >= 4 is 39.5 Å². The first-order valence-corrected chi connectivity index (χ1v) is 6.72. The molecule has 0 saturated heterocycles. The number of aliphatic imine (C=N–C) groups is 1. The molecule has 2 heterocycles. The third-order valence-corrected chi connectivity index (χ3v) is 3.08. The van der Waals surface area contributed by atoms with E-state index in [0.29, 0.717) is 16.6 Å². The van der Waals surface area contributed by atoms with Gasteiger partial charge in [-0.3, -0.25) is 0 Å². The number of pyridine rings is 1. The molecule has 2 rings (SSSR count). The Kier molecular flexibility index (Phi) is 3.98. The SMILES string of the molecule is NC(=N/C(N)=C(/F)CI)c1c[nH]c2ncc(F)cc12. The second-order valence-electron chi connectivity index (χ2n) is 3.67. The summed E-state index contributed by atoms with van der Waals surface area (Å²) < 4.78 is 26.5. The molecule has 2 aromatic rings. The number of alkyl halides is 1. The number of hydrogen-bond acceptors (Lipinski definition) is 3. The average Bonchev–Trinajstić information content (AvgIpc) is 2.80. The maximum atomic E-state index is 13.2. The van der Waals surface area contributed by atoms with Gasteiger partial charge in [-0.05, 0) is 6.07 Å². The molecule has 2 aromatic heterocycles. The van der Waals surface area contributed by atoms with Crippen molar-refractivity contribution in [1.82, 2.24) is 9.97 Å². The number of fused-ring (bicyclic) bond motifs is 1. The van der Waals surface area contributed by atoms with Gasteiger partial charge in [-0.1, -0.05) is 22.6 Å². The van der Waals surface area contributed by atoms with Crippen molar-refractivity contribution in [3.8, 4) is 0 Å². The lowest BCUT2D eigenvalue weighted by Crippen LogP contribution is -2.15. The smallest absolute Gasteiger partial charge is 0.158 e. The molecular formula is C11H10F2IN5. The molecule has 0 amide bonds. The number of nitrogens with one attached hydrogen (secondary N) is 1. The van der Waals surface area contributed by atoms with Gasteiger partial charge in [0.25, 0.3) is 0 Å². The summed E-state index contributed by atoms with van der Waals surface area (Å²) in [5.41, 5.74) is 12.1. The Morgan fingerprint density at radius 3 is 2.89 bits per heavy atom. The zero-order valence-electron chi connectivity index (χ0n) is 9.62. The molecule has 0 spiro atoms. The summed E-state index contributed by atoms with van der Waals surface area (Å²) in [5.74, 6) is -1.35. The van der Waals surface area contributed by atoms with Crippen LogP contribution < -0.4 is 11.5 Å². The van der Waals surface area contributed by atoms with Crippen LogP contribution >= 0.6 is 22.6 Å².